The fourth-order valence-corrected chi connectivity index (χ4v) is 1.95. The van der Waals surface area contributed by atoms with Crippen LogP contribution in [0.15, 0.2) is 23.3 Å². The SMILES string of the molecule is Cc1cc(C(=O)NN=Cc2cc(Cl)cc(Cl)c2O)n[nH]1. The number of hydrogen-bond donors (Lipinski definition) is 3. The molecule has 0 aliphatic carbocycles. The predicted octanol–water partition coefficient (Wildman–Crippen LogP) is 2.49. The average Bonchev–Trinajstić information content (AvgIpc) is 2.81. The first-order valence-corrected chi connectivity index (χ1v) is 6.26. The summed E-state index contributed by atoms with van der Waals surface area (Å²) < 4.78 is 0. The highest BCUT2D eigenvalue weighted by atomic mass is 35.5. The van der Waals surface area contributed by atoms with Gasteiger partial charge in [0.2, 0.25) is 0 Å². The lowest BCUT2D eigenvalue weighted by Crippen LogP contribution is -2.18. The van der Waals surface area contributed by atoms with E-state index in [0.717, 1.165) is 5.69 Å². The van der Waals surface area contributed by atoms with Crippen LogP contribution in [-0.2, 0) is 0 Å². The van der Waals surface area contributed by atoms with Crippen LogP contribution in [0.2, 0.25) is 10.0 Å². The van der Waals surface area contributed by atoms with Gasteiger partial charge in [-0.15, -0.1) is 0 Å². The van der Waals surface area contributed by atoms with Crippen LogP contribution in [0.1, 0.15) is 21.7 Å². The molecule has 0 saturated carbocycles. The molecule has 0 saturated heterocycles. The largest absolute Gasteiger partial charge is 0.506 e. The molecule has 1 aromatic carbocycles. The Morgan fingerprint density at radius 3 is 2.85 bits per heavy atom. The second-order valence-electron chi connectivity index (χ2n) is 3.96. The molecule has 0 atom stereocenters. The van der Waals surface area contributed by atoms with Crippen LogP contribution in [0.25, 0.3) is 0 Å². The standard InChI is InChI=1S/C12H10Cl2N4O2/c1-6-2-10(17-16-6)12(20)18-15-5-7-3-8(13)4-9(14)11(7)19/h2-5,19H,1H3,(H,16,17)(H,18,20). The number of amides is 1. The van der Waals surface area contributed by atoms with E-state index in [1.54, 1.807) is 13.0 Å². The molecule has 0 radical (unpaired) electrons. The van der Waals surface area contributed by atoms with Gasteiger partial charge in [0, 0.05) is 16.3 Å². The van der Waals surface area contributed by atoms with E-state index >= 15 is 0 Å². The Balaban J connectivity index is 2.09. The van der Waals surface area contributed by atoms with E-state index < -0.39 is 5.91 Å². The number of hydrogen-bond acceptors (Lipinski definition) is 4. The van der Waals surface area contributed by atoms with Crippen molar-refractivity contribution in [1.29, 1.82) is 0 Å². The molecule has 2 rings (SSSR count). The maximum atomic E-state index is 11.6. The number of nitrogens with one attached hydrogen (secondary N) is 2. The number of halogens is 2. The van der Waals surface area contributed by atoms with Crippen LogP contribution in [0.5, 0.6) is 5.75 Å². The summed E-state index contributed by atoms with van der Waals surface area (Å²) in [6.07, 6.45) is 1.24. The summed E-state index contributed by atoms with van der Waals surface area (Å²) in [5, 5.41) is 20.3. The smallest absolute Gasteiger partial charge is 0.291 e. The van der Waals surface area contributed by atoms with Gasteiger partial charge in [-0.1, -0.05) is 23.2 Å². The number of aromatic amines is 1. The number of carbonyl (C=O) groups is 1. The highest BCUT2D eigenvalue weighted by Crippen LogP contribution is 2.29. The highest BCUT2D eigenvalue weighted by molar-refractivity contribution is 6.36. The second kappa shape index (κ2) is 5.94. The van der Waals surface area contributed by atoms with Gasteiger partial charge in [-0.25, -0.2) is 5.43 Å². The number of aryl methyl sites for hydroxylation is 1. The molecule has 6 nitrogen and oxygen atoms in total. The number of carbonyl (C=O) groups excluding carboxylic acids is 1. The fraction of sp³-hybridized carbons (Fsp3) is 0.0833. The molecule has 0 unspecified atom stereocenters. The zero-order valence-corrected chi connectivity index (χ0v) is 11.8. The monoisotopic (exact) mass is 312 g/mol. The molecular weight excluding hydrogens is 303 g/mol. The van der Waals surface area contributed by atoms with Crippen LogP contribution >= 0.6 is 23.2 Å². The summed E-state index contributed by atoms with van der Waals surface area (Å²) in [5.74, 6) is -0.636. The summed E-state index contributed by atoms with van der Waals surface area (Å²) in [6, 6.07) is 4.45. The molecule has 1 amide bonds. The van der Waals surface area contributed by atoms with E-state index in [2.05, 4.69) is 20.7 Å². The van der Waals surface area contributed by atoms with Gasteiger partial charge in [-0.05, 0) is 25.1 Å². The van der Waals surface area contributed by atoms with Crippen LogP contribution in [0, 0.1) is 6.92 Å². The molecule has 104 valence electrons. The van der Waals surface area contributed by atoms with Gasteiger partial charge in [-0.3, -0.25) is 9.89 Å². The molecule has 3 N–H and O–H groups in total. The van der Waals surface area contributed by atoms with Crippen LogP contribution in [0.3, 0.4) is 0 Å². The van der Waals surface area contributed by atoms with Crippen molar-refractivity contribution in [3.05, 3.63) is 45.2 Å². The first-order valence-electron chi connectivity index (χ1n) is 5.51. The number of nitrogens with zero attached hydrogens (tertiary/aromatic N) is 2. The van der Waals surface area contributed by atoms with E-state index in [4.69, 9.17) is 23.2 Å². The lowest BCUT2D eigenvalue weighted by molar-refractivity contribution is 0.0950. The number of H-pyrrole nitrogens is 1. The summed E-state index contributed by atoms with van der Waals surface area (Å²) in [4.78, 5) is 11.6. The number of phenolic OH excluding ortho intramolecular Hbond substituents is 1. The number of aromatic nitrogens is 2. The van der Waals surface area contributed by atoms with Crippen molar-refractivity contribution in [3.8, 4) is 5.75 Å². The van der Waals surface area contributed by atoms with E-state index in [0.29, 0.717) is 10.6 Å². The minimum atomic E-state index is -0.474. The van der Waals surface area contributed by atoms with Crippen molar-refractivity contribution in [1.82, 2.24) is 15.6 Å². The van der Waals surface area contributed by atoms with Crippen LogP contribution in [-0.4, -0.2) is 27.4 Å². The normalized spacial score (nSPS) is 10.9. The van der Waals surface area contributed by atoms with Crippen molar-refractivity contribution in [2.45, 2.75) is 6.92 Å². The molecule has 0 fully saturated rings. The molecule has 0 spiro atoms. The highest BCUT2D eigenvalue weighted by Gasteiger charge is 2.08. The first kappa shape index (κ1) is 14.4. The third-order valence-electron chi connectivity index (χ3n) is 2.37. The topological polar surface area (TPSA) is 90.4 Å². The minimum absolute atomic E-state index is 0.105. The Labute approximate surface area is 124 Å². The fourth-order valence-electron chi connectivity index (χ4n) is 1.44. The summed E-state index contributed by atoms with van der Waals surface area (Å²) in [7, 11) is 0. The Hall–Kier alpha value is -2.05. The molecular formula is C12H10Cl2N4O2. The number of aromatic hydroxyl groups is 1. The first-order chi connectivity index (χ1) is 9.47. The Bertz CT molecular complexity index is 682. The maximum Gasteiger partial charge on any atom is 0.291 e. The van der Waals surface area contributed by atoms with Gasteiger partial charge in [0.25, 0.3) is 5.91 Å². The molecule has 8 heteroatoms. The van der Waals surface area contributed by atoms with Gasteiger partial charge >= 0.3 is 0 Å². The quantitative estimate of drug-likeness (QED) is 0.600. The Kier molecular flexibility index (Phi) is 4.26. The number of rotatable bonds is 3. The third-order valence-corrected chi connectivity index (χ3v) is 2.87. The van der Waals surface area contributed by atoms with E-state index in [-0.39, 0.29) is 16.5 Å². The van der Waals surface area contributed by atoms with Crippen molar-refractivity contribution in [2.24, 2.45) is 5.10 Å². The van der Waals surface area contributed by atoms with E-state index in [1.807, 2.05) is 0 Å². The molecule has 0 aliphatic heterocycles. The summed E-state index contributed by atoms with van der Waals surface area (Å²) in [6.45, 7) is 1.78. The van der Waals surface area contributed by atoms with Gasteiger partial charge in [0.05, 0.1) is 11.2 Å². The lowest BCUT2D eigenvalue weighted by Gasteiger charge is -2.02. The van der Waals surface area contributed by atoms with E-state index in [9.17, 15) is 9.90 Å². The zero-order valence-electron chi connectivity index (χ0n) is 10.3. The zero-order chi connectivity index (χ0) is 14.7. The van der Waals surface area contributed by atoms with Gasteiger partial charge < -0.3 is 5.11 Å². The lowest BCUT2D eigenvalue weighted by atomic mass is 10.2. The molecule has 0 bridgehead atoms. The average molecular weight is 313 g/mol. The summed E-state index contributed by atoms with van der Waals surface area (Å²) >= 11 is 11.6. The van der Waals surface area contributed by atoms with Crippen molar-refractivity contribution < 1.29 is 9.90 Å². The third kappa shape index (κ3) is 3.28. The van der Waals surface area contributed by atoms with E-state index in [1.165, 1.54) is 18.3 Å². The van der Waals surface area contributed by atoms with Gasteiger partial charge in [0.1, 0.15) is 5.75 Å². The van der Waals surface area contributed by atoms with Gasteiger partial charge in [-0.2, -0.15) is 10.2 Å². The van der Waals surface area contributed by atoms with Gasteiger partial charge in [0.15, 0.2) is 5.69 Å². The molecule has 20 heavy (non-hydrogen) atoms. The number of phenols is 1. The molecule has 0 aliphatic rings. The summed E-state index contributed by atoms with van der Waals surface area (Å²) in [5.41, 5.74) is 3.55. The molecule has 2 aromatic rings. The second-order valence-corrected chi connectivity index (χ2v) is 4.80. The molecule has 1 aromatic heterocycles. The maximum absolute atomic E-state index is 11.6. The van der Waals surface area contributed by atoms with Crippen LogP contribution in [0.4, 0.5) is 0 Å². The van der Waals surface area contributed by atoms with Crippen molar-refractivity contribution >= 4 is 35.3 Å². The van der Waals surface area contributed by atoms with Crippen molar-refractivity contribution in [3.63, 3.8) is 0 Å². The minimum Gasteiger partial charge on any atom is -0.506 e. The number of hydrazone groups is 1. The Morgan fingerprint density at radius 1 is 1.45 bits per heavy atom. The predicted molar refractivity (Wildman–Crippen MR) is 76.5 cm³/mol. The molecule has 1 heterocycles. The number of benzene rings is 1. The Morgan fingerprint density at radius 2 is 2.20 bits per heavy atom. The van der Waals surface area contributed by atoms with Crippen LogP contribution < -0.4 is 5.43 Å². The van der Waals surface area contributed by atoms with Crippen molar-refractivity contribution in [2.75, 3.05) is 0 Å².